The van der Waals surface area contributed by atoms with Gasteiger partial charge in [0.05, 0.1) is 11.3 Å². The third kappa shape index (κ3) is 3.00. The van der Waals surface area contributed by atoms with Gasteiger partial charge in [-0.25, -0.2) is 9.97 Å². The predicted molar refractivity (Wildman–Crippen MR) is 66.7 cm³/mol. The van der Waals surface area contributed by atoms with Crippen molar-refractivity contribution in [3.05, 3.63) is 41.7 Å². The number of nitrogens with zero attached hydrogens (tertiary/aromatic N) is 3. The highest BCUT2D eigenvalue weighted by Gasteiger charge is 2.33. The maximum absolute atomic E-state index is 12.6. The first kappa shape index (κ1) is 14.1. The Morgan fingerprint density at radius 2 is 1.95 bits per heavy atom. The standard InChI is InChI=1S/C12H7F3N4S/c13-12(14,15)9-4-3-7(6-16)10(19-9)20-11-8(17)2-1-5-18-11/h1-5H,17H2. The van der Waals surface area contributed by atoms with Gasteiger partial charge in [-0.15, -0.1) is 0 Å². The molecule has 20 heavy (non-hydrogen) atoms. The molecule has 0 saturated carbocycles. The van der Waals surface area contributed by atoms with Crippen molar-refractivity contribution in [1.29, 1.82) is 5.26 Å². The van der Waals surface area contributed by atoms with E-state index in [1.54, 1.807) is 18.2 Å². The lowest BCUT2D eigenvalue weighted by Gasteiger charge is -2.09. The van der Waals surface area contributed by atoms with E-state index < -0.39 is 11.9 Å². The molecule has 0 aliphatic carbocycles. The first-order valence-corrected chi connectivity index (χ1v) is 6.10. The second-order valence-corrected chi connectivity index (χ2v) is 4.64. The Labute approximate surface area is 116 Å². The smallest absolute Gasteiger partial charge is 0.397 e. The van der Waals surface area contributed by atoms with Crippen molar-refractivity contribution in [2.75, 3.05) is 5.73 Å². The number of hydrogen-bond acceptors (Lipinski definition) is 5. The number of anilines is 1. The third-order valence-electron chi connectivity index (χ3n) is 2.27. The molecule has 2 aromatic rings. The Bertz CT molecular complexity index is 679. The summed E-state index contributed by atoms with van der Waals surface area (Å²) in [5, 5.41) is 9.15. The van der Waals surface area contributed by atoms with E-state index in [9.17, 15) is 13.2 Å². The van der Waals surface area contributed by atoms with E-state index >= 15 is 0 Å². The van der Waals surface area contributed by atoms with E-state index in [0.717, 1.165) is 23.9 Å². The van der Waals surface area contributed by atoms with Crippen LogP contribution in [0.15, 0.2) is 40.5 Å². The van der Waals surface area contributed by atoms with Crippen molar-refractivity contribution in [3.8, 4) is 6.07 Å². The van der Waals surface area contributed by atoms with Gasteiger partial charge in [0.15, 0.2) is 0 Å². The molecule has 4 nitrogen and oxygen atoms in total. The highest BCUT2D eigenvalue weighted by molar-refractivity contribution is 7.99. The van der Waals surface area contributed by atoms with Gasteiger partial charge in [-0.3, -0.25) is 0 Å². The minimum Gasteiger partial charge on any atom is -0.397 e. The van der Waals surface area contributed by atoms with Crippen LogP contribution in [0.1, 0.15) is 11.3 Å². The average Bonchev–Trinajstić information content (AvgIpc) is 2.40. The third-order valence-corrected chi connectivity index (χ3v) is 3.30. The van der Waals surface area contributed by atoms with Crippen LogP contribution in [0, 0.1) is 11.3 Å². The fourth-order valence-corrected chi connectivity index (χ4v) is 2.19. The van der Waals surface area contributed by atoms with E-state index in [0.29, 0.717) is 10.7 Å². The Hall–Kier alpha value is -2.27. The maximum atomic E-state index is 12.6. The largest absolute Gasteiger partial charge is 0.433 e. The van der Waals surface area contributed by atoms with Crippen molar-refractivity contribution in [2.24, 2.45) is 0 Å². The molecule has 0 amide bonds. The molecule has 2 N–H and O–H groups in total. The minimum absolute atomic E-state index is 0.0352. The molecule has 0 fully saturated rings. The van der Waals surface area contributed by atoms with Crippen LogP contribution < -0.4 is 5.73 Å². The van der Waals surface area contributed by atoms with Crippen LogP contribution in [0.4, 0.5) is 18.9 Å². The lowest BCUT2D eigenvalue weighted by molar-refractivity contribution is -0.141. The van der Waals surface area contributed by atoms with Crippen molar-refractivity contribution in [3.63, 3.8) is 0 Å². The van der Waals surface area contributed by atoms with Crippen LogP contribution in [0.25, 0.3) is 0 Å². The molecule has 2 aromatic heterocycles. The zero-order valence-electron chi connectivity index (χ0n) is 9.85. The van der Waals surface area contributed by atoms with Crippen LogP contribution in [0.5, 0.6) is 0 Å². The molecule has 0 saturated heterocycles. The molecule has 0 unspecified atom stereocenters. The fourth-order valence-electron chi connectivity index (χ4n) is 1.34. The topological polar surface area (TPSA) is 75.6 Å². The van der Waals surface area contributed by atoms with Gasteiger partial charge in [0, 0.05) is 6.20 Å². The quantitative estimate of drug-likeness (QED) is 0.921. The number of halogens is 3. The van der Waals surface area contributed by atoms with Crippen LogP contribution in [-0.2, 0) is 6.18 Å². The summed E-state index contributed by atoms with van der Waals surface area (Å²) < 4.78 is 37.9. The zero-order chi connectivity index (χ0) is 14.8. The van der Waals surface area contributed by atoms with Crippen LogP contribution >= 0.6 is 11.8 Å². The molecule has 0 radical (unpaired) electrons. The first-order chi connectivity index (χ1) is 9.41. The Kier molecular flexibility index (Phi) is 3.81. The number of alkyl halides is 3. The molecule has 8 heteroatoms. The number of pyridine rings is 2. The highest BCUT2D eigenvalue weighted by Crippen LogP contribution is 2.34. The van der Waals surface area contributed by atoms with Gasteiger partial charge in [-0.2, -0.15) is 18.4 Å². The molecule has 2 rings (SSSR count). The van der Waals surface area contributed by atoms with Gasteiger partial charge in [0.25, 0.3) is 0 Å². The lowest BCUT2D eigenvalue weighted by Crippen LogP contribution is -2.09. The summed E-state index contributed by atoms with van der Waals surface area (Å²) in [6, 6.07) is 6.81. The summed E-state index contributed by atoms with van der Waals surface area (Å²) in [4.78, 5) is 7.42. The van der Waals surface area contributed by atoms with Crippen molar-refractivity contribution >= 4 is 17.4 Å². The molecule has 0 bridgehead atoms. The predicted octanol–water partition coefficient (Wildman–Crippen LogP) is 3.10. The molecule has 2 heterocycles. The van der Waals surface area contributed by atoms with Crippen LogP contribution in [0.3, 0.4) is 0 Å². The van der Waals surface area contributed by atoms with E-state index in [4.69, 9.17) is 11.0 Å². The number of nitrogen functional groups attached to an aromatic ring is 1. The van der Waals surface area contributed by atoms with Crippen LogP contribution in [0.2, 0.25) is 0 Å². The lowest BCUT2D eigenvalue weighted by atomic mass is 10.2. The van der Waals surface area contributed by atoms with Crippen molar-refractivity contribution < 1.29 is 13.2 Å². The summed E-state index contributed by atoms with van der Waals surface area (Å²) in [7, 11) is 0. The zero-order valence-corrected chi connectivity index (χ0v) is 10.7. The van der Waals surface area contributed by atoms with E-state index in [1.165, 1.54) is 6.20 Å². The SMILES string of the molecule is N#Cc1ccc(C(F)(F)F)nc1Sc1ncccc1N. The van der Waals surface area contributed by atoms with E-state index in [-0.39, 0.29) is 10.6 Å². The van der Waals surface area contributed by atoms with Gasteiger partial charge in [-0.05, 0) is 36.0 Å². The van der Waals surface area contributed by atoms with E-state index in [1.807, 2.05) is 0 Å². The van der Waals surface area contributed by atoms with Crippen molar-refractivity contribution in [1.82, 2.24) is 9.97 Å². The number of aromatic nitrogens is 2. The van der Waals surface area contributed by atoms with Gasteiger partial charge in [0.2, 0.25) is 0 Å². The summed E-state index contributed by atoms with van der Waals surface area (Å²) in [5.41, 5.74) is 4.95. The summed E-state index contributed by atoms with van der Waals surface area (Å²) >= 11 is 0.826. The average molecular weight is 296 g/mol. The van der Waals surface area contributed by atoms with E-state index in [2.05, 4.69) is 9.97 Å². The monoisotopic (exact) mass is 296 g/mol. The summed E-state index contributed by atoms with van der Waals surface area (Å²) in [6.45, 7) is 0. The molecule has 0 aliphatic rings. The molecule has 0 atom stereocenters. The second kappa shape index (κ2) is 5.38. The normalized spacial score (nSPS) is 11.1. The van der Waals surface area contributed by atoms with Crippen LogP contribution in [-0.4, -0.2) is 9.97 Å². The number of nitrogens with two attached hydrogens (primary N) is 1. The number of nitriles is 1. The van der Waals surface area contributed by atoms with Gasteiger partial charge in [-0.1, -0.05) is 0 Å². The molecule has 0 spiro atoms. The fraction of sp³-hybridized carbons (Fsp3) is 0.0833. The molecule has 102 valence electrons. The maximum Gasteiger partial charge on any atom is 0.433 e. The summed E-state index contributed by atoms with van der Waals surface area (Å²) in [6.07, 6.45) is -3.11. The second-order valence-electron chi connectivity index (χ2n) is 3.66. The minimum atomic E-state index is -4.57. The Morgan fingerprint density at radius 1 is 1.20 bits per heavy atom. The molecule has 0 aromatic carbocycles. The number of hydrogen-bond donors (Lipinski definition) is 1. The number of rotatable bonds is 2. The van der Waals surface area contributed by atoms with Crippen molar-refractivity contribution in [2.45, 2.75) is 16.2 Å². The molecular weight excluding hydrogens is 289 g/mol. The van der Waals surface area contributed by atoms with Gasteiger partial charge in [0.1, 0.15) is 21.8 Å². The summed E-state index contributed by atoms with van der Waals surface area (Å²) in [5.74, 6) is 0. The van der Waals surface area contributed by atoms with Gasteiger partial charge < -0.3 is 5.73 Å². The van der Waals surface area contributed by atoms with Gasteiger partial charge >= 0.3 is 6.18 Å². The Morgan fingerprint density at radius 3 is 2.55 bits per heavy atom. The molecule has 0 aliphatic heterocycles. The highest BCUT2D eigenvalue weighted by atomic mass is 32.2. The first-order valence-electron chi connectivity index (χ1n) is 5.28. The molecular formula is C12H7F3N4S. The Balaban J connectivity index is 2.45.